The number of hydrogen-bond acceptors (Lipinski definition) is 3. The van der Waals surface area contributed by atoms with Crippen molar-refractivity contribution in [3.05, 3.63) is 71.3 Å². The molecule has 0 aromatic heterocycles. The number of nitrogens with one attached hydrogen (secondary N) is 1. The van der Waals surface area contributed by atoms with Gasteiger partial charge in [-0.15, -0.1) is 0 Å². The zero-order valence-corrected chi connectivity index (χ0v) is 15.2. The fourth-order valence-corrected chi connectivity index (χ4v) is 3.61. The maximum atomic E-state index is 11.1. The van der Waals surface area contributed by atoms with E-state index < -0.39 is 5.97 Å². The maximum absolute atomic E-state index is 11.1. The Bertz CT molecular complexity index is 702. The van der Waals surface area contributed by atoms with Gasteiger partial charge in [0.15, 0.2) is 0 Å². The average Bonchev–Trinajstić information content (AvgIpc) is 2.67. The largest absolute Gasteiger partial charge is 0.481 e. The van der Waals surface area contributed by atoms with E-state index in [1.807, 2.05) is 6.07 Å². The van der Waals surface area contributed by atoms with Gasteiger partial charge in [-0.25, -0.2) is 0 Å². The highest BCUT2D eigenvalue weighted by Gasteiger charge is 2.24. The normalized spacial score (nSPS) is 17.9. The zero-order valence-electron chi connectivity index (χ0n) is 15.2. The first-order valence-electron chi connectivity index (χ1n) is 9.48. The maximum Gasteiger partial charge on any atom is 0.307 e. The number of nitrogens with zero attached hydrogens (tertiary/aromatic N) is 1. The standard InChI is InChI=1S/C22H28N2O2/c25-22(26)21-10-5-12-24(17-21)13-11-23-16-20-9-4-8-19(15-20)14-18-6-2-1-3-7-18/h1-4,6-9,15,21,23H,5,10-14,16-17H2,(H,25,26)/t21-/m1/s1. The Labute approximate surface area is 155 Å². The van der Waals surface area contributed by atoms with Crippen LogP contribution < -0.4 is 5.32 Å². The molecule has 1 saturated heterocycles. The molecule has 26 heavy (non-hydrogen) atoms. The van der Waals surface area contributed by atoms with Crippen LogP contribution in [-0.2, 0) is 17.8 Å². The van der Waals surface area contributed by atoms with Gasteiger partial charge in [0.2, 0.25) is 0 Å². The minimum Gasteiger partial charge on any atom is -0.481 e. The van der Waals surface area contributed by atoms with Crippen molar-refractivity contribution in [2.45, 2.75) is 25.8 Å². The van der Waals surface area contributed by atoms with Gasteiger partial charge in [0.1, 0.15) is 0 Å². The highest BCUT2D eigenvalue weighted by molar-refractivity contribution is 5.70. The number of likely N-dealkylation sites (tertiary alicyclic amines) is 1. The third kappa shape index (κ3) is 5.68. The second kappa shape index (κ2) is 9.51. The minimum atomic E-state index is -0.655. The van der Waals surface area contributed by atoms with Gasteiger partial charge in [0.25, 0.3) is 0 Å². The monoisotopic (exact) mass is 352 g/mol. The Balaban J connectivity index is 1.42. The lowest BCUT2D eigenvalue weighted by atomic mass is 9.98. The van der Waals surface area contributed by atoms with Gasteiger partial charge >= 0.3 is 5.97 Å². The van der Waals surface area contributed by atoms with Crippen LogP contribution in [0.1, 0.15) is 29.5 Å². The van der Waals surface area contributed by atoms with Crippen LogP contribution in [0.5, 0.6) is 0 Å². The highest BCUT2D eigenvalue weighted by Crippen LogP contribution is 2.16. The van der Waals surface area contributed by atoms with Crippen molar-refractivity contribution >= 4 is 5.97 Å². The molecule has 1 atom stereocenters. The quantitative estimate of drug-likeness (QED) is 0.717. The molecule has 0 bridgehead atoms. The zero-order chi connectivity index (χ0) is 18.2. The first-order valence-corrected chi connectivity index (χ1v) is 9.48. The molecule has 0 radical (unpaired) electrons. The Morgan fingerprint density at radius 1 is 1.08 bits per heavy atom. The van der Waals surface area contributed by atoms with E-state index in [9.17, 15) is 4.79 Å². The lowest BCUT2D eigenvalue weighted by molar-refractivity contribution is -0.143. The summed E-state index contributed by atoms with van der Waals surface area (Å²) in [6.07, 6.45) is 2.75. The van der Waals surface area contributed by atoms with E-state index in [2.05, 4.69) is 58.7 Å². The molecule has 1 fully saturated rings. The van der Waals surface area contributed by atoms with Crippen molar-refractivity contribution in [2.24, 2.45) is 5.92 Å². The molecule has 2 aromatic rings. The third-order valence-electron chi connectivity index (χ3n) is 5.03. The Kier molecular flexibility index (Phi) is 6.81. The average molecular weight is 352 g/mol. The van der Waals surface area contributed by atoms with E-state index in [4.69, 9.17) is 5.11 Å². The van der Waals surface area contributed by atoms with Gasteiger partial charge in [-0.1, -0.05) is 54.6 Å². The number of aliphatic carboxylic acids is 1. The molecule has 0 unspecified atom stereocenters. The lowest BCUT2D eigenvalue weighted by Gasteiger charge is -2.30. The lowest BCUT2D eigenvalue weighted by Crippen LogP contribution is -2.41. The van der Waals surface area contributed by atoms with Crippen molar-refractivity contribution < 1.29 is 9.90 Å². The molecule has 4 heteroatoms. The minimum absolute atomic E-state index is 0.196. The summed E-state index contributed by atoms with van der Waals surface area (Å²) in [4.78, 5) is 13.4. The molecule has 4 nitrogen and oxygen atoms in total. The number of carboxylic acid groups (broad SMARTS) is 1. The van der Waals surface area contributed by atoms with E-state index in [0.717, 1.165) is 45.4 Å². The number of rotatable bonds is 8. The molecule has 3 rings (SSSR count). The predicted molar refractivity (Wildman–Crippen MR) is 104 cm³/mol. The van der Waals surface area contributed by atoms with Crippen LogP contribution in [0.2, 0.25) is 0 Å². The number of hydrogen-bond donors (Lipinski definition) is 2. The van der Waals surface area contributed by atoms with E-state index in [1.54, 1.807) is 0 Å². The molecule has 2 N–H and O–H groups in total. The molecule has 2 aromatic carbocycles. The molecule has 1 aliphatic rings. The van der Waals surface area contributed by atoms with Gasteiger partial charge in [0.05, 0.1) is 5.92 Å². The summed E-state index contributed by atoms with van der Waals surface area (Å²) in [6, 6.07) is 19.2. The van der Waals surface area contributed by atoms with Gasteiger partial charge in [-0.05, 0) is 42.5 Å². The summed E-state index contributed by atoms with van der Waals surface area (Å²) in [5, 5.41) is 12.7. The number of piperidine rings is 1. The fraction of sp³-hybridized carbons (Fsp3) is 0.409. The Morgan fingerprint density at radius 3 is 2.65 bits per heavy atom. The van der Waals surface area contributed by atoms with E-state index in [0.29, 0.717) is 6.54 Å². The van der Waals surface area contributed by atoms with Crippen LogP contribution in [0.25, 0.3) is 0 Å². The summed E-state index contributed by atoms with van der Waals surface area (Å²) < 4.78 is 0. The second-order valence-electron chi connectivity index (χ2n) is 7.14. The molecule has 0 spiro atoms. The summed E-state index contributed by atoms with van der Waals surface area (Å²) in [7, 11) is 0. The first kappa shape index (κ1) is 18.6. The number of carbonyl (C=O) groups is 1. The molecular formula is C22H28N2O2. The van der Waals surface area contributed by atoms with Gasteiger partial charge in [0, 0.05) is 26.2 Å². The van der Waals surface area contributed by atoms with Crippen LogP contribution in [-0.4, -0.2) is 42.2 Å². The van der Waals surface area contributed by atoms with Gasteiger partial charge in [-0.2, -0.15) is 0 Å². The van der Waals surface area contributed by atoms with Crippen LogP contribution in [0, 0.1) is 5.92 Å². The molecular weight excluding hydrogens is 324 g/mol. The number of benzene rings is 2. The SMILES string of the molecule is O=C(O)[C@@H]1CCCN(CCNCc2cccc(Cc3ccccc3)c2)C1. The summed E-state index contributed by atoms with van der Waals surface area (Å²) >= 11 is 0. The molecule has 1 aliphatic heterocycles. The third-order valence-corrected chi connectivity index (χ3v) is 5.03. The van der Waals surface area contributed by atoms with Crippen LogP contribution >= 0.6 is 0 Å². The summed E-state index contributed by atoms with van der Waals surface area (Å²) in [5.74, 6) is -0.851. The molecule has 0 saturated carbocycles. The van der Waals surface area contributed by atoms with Gasteiger partial charge < -0.3 is 15.3 Å². The number of carboxylic acids is 1. The fourth-order valence-electron chi connectivity index (χ4n) is 3.61. The Hall–Kier alpha value is -2.17. The van der Waals surface area contributed by atoms with Crippen molar-refractivity contribution in [2.75, 3.05) is 26.2 Å². The van der Waals surface area contributed by atoms with Crippen LogP contribution in [0.3, 0.4) is 0 Å². The van der Waals surface area contributed by atoms with E-state index in [1.165, 1.54) is 16.7 Å². The second-order valence-corrected chi connectivity index (χ2v) is 7.14. The van der Waals surface area contributed by atoms with Crippen molar-refractivity contribution in [3.63, 3.8) is 0 Å². The Morgan fingerprint density at radius 2 is 1.85 bits per heavy atom. The molecule has 138 valence electrons. The van der Waals surface area contributed by atoms with Crippen molar-refractivity contribution in [3.8, 4) is 0 Å². The van der Waals surface area contributed by atoms with Crippen LogP contribution in [0.4, 0.5) is 0 Å². The highest BCUT2D eigenvalue weighted by atomic mass is 16.4. The molecule has 0 aliphatic carbocycles. The molecule has 1 heterocycles. The topological polar surface area (TPSA) is 52.6 Å². The first-order chi connectivity index (χ1) is 12.7. The van der Waals surface area contributed by atoms with Crippen molar-refractivity contribution in [1.29, 1.82) is 0 Å². The van der Waals surface area contributed by atoms with Crippen LogP contribution in [0.15, 0.2) is 54.6 Å². The van der Waals surface area contributed by atoms with Gasteiger partial charge in [-0.3, -0.25) is 4.79 Å². The van der Waals surface area contributed by atoms with Crippen molar-refractivity contribution in [1.82, 2.24) is 10.2 Å². The smallest absolute Gasteiger partial charge is 0.307 e. The summed E-state index contributed by atoms with van der Waals surface area (Å²) in [5.41, 5.74) is 3.95. The predicted octanol–water partition coefficient (Wildman–Crippen LogP) is 3.16. The summed E-state index contributed by atoms with van der Waals surface area (Å²) in [6.45, 7) is 4.34. The van der Waals surface area contributed by atoms with E-state index in [-0.39, 0.29) is 5.92 Å². The molecule has 0 amide bonds. The van der Waals surface area contributed by atoms with E-state index >= 15 is 0 Å².